The topological polar surface area (TPSA) is 21.3 Å². The van der Waals surface area contributed by atoms with Gasteiger partial charge in [-0.05, 0) is 44.6 Å². The van der Waals surface area contributed by atoms with Crippen molar-refractivity contribution in [2.45, 2.75) is 84.8 Å². The van der Waals surface area contributed by atoms with Crippen molar-refractivity contribution in [3.63, 3.8) is 0 Å². The van der Waals surface area contributed by atoms with Gasteiger partial charge in [-0.1, -0.05) is 46.5 Å². The lowest BCUT2D eigenvalue weighted by molar-refractivity contribution is -0.0300. The van der Waals surface area contributed by atoms with Gasteiger partial charge in [-0.25, -0.2) is 0 Å². The Bertz CT molecular complexity index is 213. The Morgan fingerprint density at radius 2 is 1.79 bits per heavy atom. The molecule has 0 aromatic carbocycles. The molecule has 1 aliphatic rings. The molecule has 1 saturated carbocycles. The first-order valence-electron chi connectivity index (χ1n) is 8.59. The van der Waals surface area contributed by atoms with E-state index in [1.165, 1.54) is 44.9 Å². The Morgan fingerprint density at radius 3 is 2.32 bits per heavy atom. The molecule has 0 spiro atoms. The number of likely N-dealkylation sites (N-methyl/N-ethyl adjacent to an activating group) is 1. The van der Waals surface area contributed by atoms with E-state index in [1.54, 1.807) is 0 Å². The van der Waals surface area contributed by atoms with E-state index >= 15 is 0 Å². The summed E-state index contributed by atoms with van der Waals surface area (Å²) in [6.45, 7) is 10.9. The molecule has 3 unspecified atom stereocenters. The fourth-order valence-corrected chi connectivity index (χ4v) is 3.70. The fraction of sp³-hybridized carbons (Fsp3) is 1.00. The van der Waals surface area contributed by atoms with Crippen LogP contribution in [0.25, 0.3) is 0 Å². The molecule has 1 fully saturated rings. The zero-order valence-corrected chi connectivity index (χ0v) is 13.6. The molecule has 0 heterocycles. The summed E-state index contributed by atoms with van der Waals surface area (Å²) in [4.78, 5) is 0. The molecule has 1 rings (SSSR count). The monoisotopic (exact) mass is 269 g/mol. The zero-order chi connectivity index (χ0) is 14.1. The lowest BCUT2D eigenvalue weighted by Gasteiger charge is -2.39. The van der Waals surface area contributed by atoms with Crippen LogP contribution in [0.3, 0.4) is 0 Å². The van der Waals surface area contributed by atoms with Crippen molar-refractivity contribution in [1.29, 1.82) is 0 Å². The highest BCUT2D eigenvalue weighted by molar-refractivity contribution is 4.87. The van der Waals surface area contributed by atoms with Gasteiger partial charge >= 0.3 is 0 Å². The van der Waals surface area contributed by atoms with E-state index in [2.05, 4.69) is 33.0 Å². The third kappa shape index (κ3) is 5.43. The molecule has 0 aliphatic heterocycles. The third-order valence-electron chi connectivity index (χ3n) is 4.62. The molecule has 2 heteroatoms. The Hall–Kier alpha value is -0.0800. The quantitative estimate of drug-likeness (QED) is 0.670. The SMILES string of the molecule is CCCC(C)C(NCC)C(OCC)C1CCCCC1. The maximum absolute atomic E-state index is 6.20. The van der Waals surface area contributed by atoms with Crippen molar-refractivity contribution in [1.82, 2.24) is 5.32 Å². The predicted octanol–water partition coefficient (Wildman–Crippen LogP) is 4.39. The Balaban J connectivity index is 2.71. The summed E-state index contributed by atoms with van der Waals surface area (Å²) in [6.07, 6.45) is 9.94. The van der Waals surface area contributed by atoms with Gasteiger partial charge in [0.1, 0.15) is 0 Å². The van der Waals surface area contributed by atoms with Crippen LogP contribution in [-0.2, 0) is 4.74 Å². The van der Waals surface area contributed by atoms with Crippen LogP contribution in [-0.4, -0.2) is 25.3 Å². The van der Waals surface area contributed by atoms with Gasteiger partial charge in [0.2, 0.25) is 0 Å². The number of hydrogen-bond acceptors (Lipinski definition) is 2. The van der Waals surface area contributed by atoms with Crippen molar-refractivity contribution in [2.24, 2.45) is 11.8 Å². The van der Waals surface area contributed by atoms with E-state index in [0.717, 1.165) is 19.1 Å². The average Bonchev–Trinajstić information content (AvgIpc) is 2.44. The minimum atomic E-state index is 0.423. The van der Waals surface area contributed by atoms with Gasteiger partial charge < -0.3 is 10.1 Å². The largest absolute Gasteiger partial charge is 0.377 e. The summed E-state index contributed by atoms with van der Waals surface area (Å²) >= 11 is 0. The van der Waals surface area contributed by atoms with Crippen LogP contribution in [0.2, 0.25) is 0 Å². The average molecular weight is 269 g/mol. The lowest BCUT2D eigenvalue weighted by atomic mass is 9.78. The highest BCUT2D eigenvalue weighted by atomic mass is 16.5. The molecule has 0 amide bonds. The van der Waals surface area contributed by atoms with Gasteiger partial charge in [0, 0.05) is 12.6 Å². The predicted molar refractivity (Wildman–Crippen MR) is 83.5 cm³/mol. The number of rotatable bonds is 9. The second-order valence-corrected chi connectivity index (χ2v) is 6.17. The molecular formula is C17H35NO. The molecule has 2 nitrogen and oxygen atoms in total. The minimum Gasteiger partial charge on any atom is -0.377 e. The lowest BCUT2D eigenvalue weighted by Crippen LogP contribution is -2.49. The third-order valence-corrected chi connectivity index (χ3v) is 4.62. The van der Waals surface area contributed by atoms with Gasteiger partial charge in [-0.3, -0.25) is 0 Å². The molecule has 3 atom stereocenters. The van der Waals surface area contributed by atoms with E-state index < -0.39 is 0 Å². The van der Waals surface area contributed by atoms with Crippen LogP contribution in [0.15, 0.2) is 0 Å². The fourth-order valence-electron chi connectivity index (χ4n) is 3.70. The van der Waals surface area contributed by atoms with E-state index in [-0.39, 0.29) is 0 Å². The van der Waals surface area contributed by atoms with E-state index in [0.29, 0.717) is 18.1 Å². The van der Waals surface area contributed by atoms with Crippen LogP contribution in [0, 0.1) is 11.8 Å². The van der Waals surface area contributed by atoms with Crippen molar-refractivity contribution in [3.05, 3.63) is 0 Å². The Labute approximate surface area is 120 Å². The van der Waals surface area contributed by atoms with Gasteiger partial charge in [0.15, 0.2) is 0 Å². The maximum Gasteiger partial charge on any atom is 0.0758 e. The summed E-state index contributed by atoms with van der Waals surface area (Å²) in [5, 5.41) is 3.72. The summed E-state index contributed by atoms with van der Waals surface area (Å²) in [5.74, 6) is 1.49. The van der Waals surface area contributed by atoms with Crippen molar-refractivity contribution in [2.75, 3.05) is 13.2 Å². The summed E-state index contributed by atoms with van der Waals surface area (Å²) in [5.41, 5.74) is 0. The molecule has 114 valence electrons. The first-order valence-corrected chi connectivity index (χ1v) is 8.59. The van der Waals surface area contributed by atoms with Crippen molar-refractivity contribution < 1.29 is 4.74 Å². The molecule has 0 bridgehead atoms. The van der Waals surface area contributed by atoms with E-state index in [4.69, 9.17) is 4.74 Å². The normalized spacial score (nSPS) is 22.1. The molecule has 19 heavy (non-hydrogen) atoms. The molecule has 0 saturated heterocycles. The second kappa shape index (κ2) is 9.77. The number of nitrogens with one attached hydrogen (secondary N) is 1. The second-order valence-electron chi connectivity index (χ2n) is 6.17. The molecule has 0 aromatic rings. The summed E-state index contributed by atoms with van der Waals surface area (Å²) < 4.78 is 6.20. The zero-order valence-electron chi connectivity index (χ0n) is 13.6. The molecule has 0 radical (unpaired) electrons. The van der Waals surface area contributed by atoms with E-state index in [1.807, 2.05) is 0 Å². The highest BCUT2D eigenvalue weighted by Gasteiger charge is 2.33. The van der Waals surface area contributed by atoms with Crippen LogP contribution in [0.1, 0.15) is 72.6 Å². The van der Waals surface area contributed by atoms with Crippen LogP contribution in [0.5, 0.6) is 0 Å². The van der Waals surface area contributed by atoms with Crippen LogP contribution in [0.4, 0.5) is 0 Å². The molecule has 0 aromatic heterocycles. The highest BCUT2D eigenvalue weighted by Crippen LogP contribution is 2.32. The van der Waals surface area contributed by atoms with Crippen LogP contribution < -0.4 is 5.32 Å². The number of ether oxygens (including phenoxy) is 1. The first kappa shape index (κ1) is 17.0. The van der Waals surface area contributed by atoms with E-state index in [9.17, 15) is 0 Å². The smallest absolute Gasteiger partial charge is 0.0758 e. The molecule has 1 aliphatic carbocycles. The minimum absolute atomic E-state index is 0.423. The number of hydrogen-bond donors (Lipinski definition) is 1. The Morgan fingerprint density at radius 1 is 1.11 bits per heavy atom. The molecule has 1 N–H and O–H groups in total. The van der Waals surface area contributed by atoms with Gasteiger partial charge in [0.25, 0.3) is 0 Å². The molecular weight excluding hydrogens is 234 g/mol. The van der Waals surface area contributed by atoms with Gasteiger partial charge in [0.05, 0.1) is 6.10 Å². The van der Waals surface area contributed by atoms with Gasteiger partial charge in [-0.15, -0.1) is 0 Å². The summed E-state index contributed by atoms with van der Waals surface area (Å²) in [6, 6.07) is 0.535. The van der Waals surface area contributed by atoms with Crippen molar-refractivity contribution >= 4 is 0 Å². The van der Waals surface area contributed by atoms with Crippen molar-refractivity contribution in [3.8, 4) is 0 Å². The van der Waals surface area contributed by atoms with Crippen LogP contribution >= 0.6 is 0 Å². The van der Waals surface area contributed by atoms with Gasteiger partial charge in [-0.2, -0.15) is 0 Å². The first-order chi connectivity index (χ1) is 9.24. The maximum atomic E-state index is 6.20. The Kier molecular flexibility index (Phi) is 8.72. The summed E-state index contributed by atoms with van der Waals surface area (Å²) in [7, 11) is 0. The standard InChI is InChI=1S/C17H35NO/c1-5-11-14(4)16(18-6-2)17(19-7-3)15-12-9-8-10-13-15/h14-18H,5-13H2,1-4H3.